The molecular weight excluding hydrogens is 312 g/mol. The van der Waals surface area contributed by atoms with Crippen molar-refractivity contribution < 1.29 is 9.53 Å². The molecule has 1 amide bonds. The van der Waals surface area contributed by atoms with E-state index in [0.29, 0.717) is 18.2 Å². The third-order valence-electron chi connectivity index (χ3n) is 4.31. The van der Waals surface area contributed by atoms with Gasteiger partial charge in [0.05, 0.1) is 5.54 Å². The van der Waals surface area contributed by atoms with Crippen molar-refractivity contribution >= 4 is 18.3 Å². The van der Waals surface area contributed by atoms with Crippen LogP contribution < -0.4 is 15.8 Å². The molecule has 132 valence electrons. The largest absolute Gasteiger partial charge is 0.481 e. The first-order valence-corrected chi connectivity index (χ1v) is 7.98. The van der Waals surface area contributed by atoms with E-state index in [-0.39, 0.29) is 24.2 Å². The van der Waals surface area contributed by atoms with Gasteiger partial charge in [0.1, 0.15) is 5.75 Å². The lowest BCUT2D eigenvalue weighted by atomic mass is 9.88. The number of nitrogens with two attached hydrogens (primary N) is 1. The number of benzene rings is 1. The van der Waals surface area contributed by atoms with Gasteiger partial charge in [0.2, 0.25) is 0 Å². The van der Waals surface area contributed by atoms with Crippen molar-refractivity contribution in [3.8, 4) is 5.75 Å². The number of halogens is 1. The molecule has 3 N–H and O–H groups in total. The van der Waals surface area contributed by atoms with Crippen molar-refractivity contribution in [1.29, 1.82) is 0 Å². The fraction of sp³-hybridized carbons (Fsp3) is 0.611. The summed E-state index contributed by atoms with van der Waals surface area (Å²) in [6.07, 6.45) is -0.563. The van der Waals surface area contributed by atoms with E-state index in [1.54, 1.807) is 6.92 Å². The summed E-state index contributed by atoms with van der Waals surface area (Å²) in [4.78, 5) is 12.4. The number of amides is 1. The maximum atomic E-state index is 12.4. The monoisotopic (exact) mass is 342 g/mol. The molecule has 2 atom stereocenters. The molecule has 0 heterocycles. The van der Waals surface area contributed by atoms with E-state index >= 15 is 0 Å². The lowest BCUT2D eigenvalue weighted by Gasteiger charge is -2.34. The van der Waals surface area contributed by atoms with Gasteiger partial charge in [-0.05, 0) is 43.4 Å². The van der Waals surface area contributed by atoms with Gasteiger partial charge in [-0.25, -0.2) is 0 Å². The van der Waals surface area contributed by atoms with E-state index < -0.39 is 11.6 Å². The second-order valence-electron chi connectivity index (χ2n) is 6.75. The molecule has 1 rings (SSSR count). The van der Waals surface area contributed by atoms with Gasteiger partial charge in [0, 0.05) is 6.54 Å². The molecule has 5 heteroatoms. The molecule has 1 aromatic carbocycles. The Kier molecular flexibility index (Phi) is 8.64. The van der Waals surface area contributed by atoms with Crippen LogP contribution in [0, 0.1) is 5.92 Å². The maximum Gasteiger partial charge on any atom is 0.261 e. The predicted molar refractivity (Wildman–Crippen MR) is 98.3 cm³/mol. The zero-order chi connectivity index (χ0) is 16.9. The Bertz CT molecular complexity index is 506. The zero-order valence-electron chi connectivity index (χ0n) is 15.1. The lowest BCUT2D eigenvalue weighted by molar-refractivity contribution is -0.129. The van der Waals surface area contributed by atoms with Gasteiger partial charge in [-0.1, -0.05) is 39.8 Å². The molecule has 1 aromatic rings. The maximum absolute atomic E-state index is 12.4. The molecular formula is C18H31ClN2O2. The van der Waals surface area contributed by atoms with Crippen molar-refractivity contribution in [3.63, 3.8) is 0 Å². The van der Waals surface area contributed by atoms with Gasteiger partial charge in [-0.15, -0.1) is 12.4 Å². The van der Waals surface area contributed by atoms with Crippen LogP contribution in [0.25, 0.3) is 0 Å². The quantitative estimate of drug-likeness (QED) is 0.797. The standard InChI is InChI=1S/C18H30N2O2.ClH/c1-12(2)15-8-7-9-16(10-15)22-14(5)17(21)20-18(6,11-19)13(3)4;/h7-10,12-14H,11,19H2,1-6H3,(H,20,21);1H. The Balaban J connectivity index is 0.00000484. The topological polar surface area (TPSA) is 64.3 Å². The summed E-state index contributed by atoms with van der Waals surface area (Å²) < 4.78 is 5.78. The summed E-state index contributed by atoms with van der Waals surface area (Å²) in [5.74, 6) is 1.25. The molecule has 0 aliphatic heterocycles. The fourth-order valence-corrected chi connectivity index (χ4v) is 2.02. The van der Waals surface area contributed by atoms with Crippen molar-refractivity contribution in [3.05, 3.63) is 29.8 Å². The summed E-state index contributed by atoms with van der Waals surface area (Å²) in [5, 5.41) is 3.01. The number of nitrogens with one attached hydrogen (secondary N) is 1. The summed E-state index contributed by atoms with van der Waals surface area (Å²) >= 11 is 0. The van der Waals surface area contributed by atoms with Crippen molar-refractivity contribution in [2.24, 2.45) is 11.7 Å². The Labute approximate surface area is 146 Å². The highest BCUT2D eigenvalue weighted by atomic mass is 35.5. The number of carbonyl (C=O) groups excluding carboxylic acids is 1. The highest BCUT2D eigenvalue weighted by Crippen LogP contribution is 2.21. The summed E-state index contributed by atoms with van der Waals surface area (Å²) in [5.41, 5.74) is 6.58. The lowest BCUT2D eigenvalue weighted by Crippen LogP contribution is -2.57. The van der Waals surface area contributed by atoms with Crippen LogP contribution in [0.2, 0.25) is 0 Å². The number of hydrogen-bond acceptors (Lipinski definition) is 3. The smallest absolute Gasteiger partial charge is 0.261 e. The van der Waals surface area contributed by atoms with E-state index in [0.717, 1.165) is 0 Å². The third-order valence-corrected chi connectivity index (χ3v) is 4.31. The second-order valence-corrected chi connectivity index (χ2v) is 6.75. The summed E-state index contributed by atoms with van der Waals surface area (Å²) in [6, 6.07) is 7.87. The van der Waals surface area contributed by atoms with Gasteiger partial charge >= 0.3 is 0 Å². The molecule has 0 spiro atoms. The van der Waals surface area contributed by atoms with Crippen molar-refractivity contribution in [1.82, 2.24) is 5.32 Å². The molecule has 0 saturated carbocycles. The average molecular weight is 343 g/mol. The number of hydrogen-bond donors (Lipinski definition) is 2. The van der Waals surface area contributed by atoms with Crippen molar-refractivity contribution in [2.75, 3.05) is 6.54 Å². The molecule has 0 radical (unpaired) electrons. The van der Waals surface area contributed by atoms with Gasteiger partial charge in [-0.2, -0.15) is 0 Å². The molecule has 23 heavy (non-hydrogen) atoms. The first-order valence-electron chi connectivity index (χ1n) is 7.98. The van der Waals surface area contributed by atoms with Crippen LogP contribution in [0.3, 0.4) is 0 Å². The van der Waals surface area contributed by atoms with Crippen LogP contribution in [-0.4, -0.2) is 24.1 Å². The molecule has 0 aromatic heterocycles. The summed E-state index contributed by atoms with van der Waals surface area (Å²) in [7, 11) is 0. The van der Waals surface area contributed by atoms with Crippen LogP contribution in [0.1, 0.15) is 53.0 Å². The van der Waals surface area contributed by atoms with Gasteiger partial charge in [0.15, 0.2) is 6.10 Å². The van der Waals surface area contributed by atoms with E-state index in [9.17, 15) is 4.79 Å². The molecule has 2 unspecified atom stereocenters. The highest BCUT2D eigenvalue weighted by molar-refractivity contribution is 5.85. The van der Waals surface area contributed by atoms with Crippen LogP contribution in [0.4, 0.5) is 0 Å². The molecule has 4 nitrogen and oxygen atoms in total. The van der Waals surface area contributed by atoms with Gasteiger partial charge < -0.3 is 15.8 Å². The van der Waals surface area contributed by atoms with E-state index in [1.807, 2.05) is 39.0 Å². The average Bonchev–Trinajstić information content (AvgIpc) is 2.46. The summed E-state index contributed by atoms with van der Waals surface area (Å²) in [6.45, 7) is 12.5. The first kappa shape index (κ1) is 21.7. The molecule has 0 saturated heterocycles. The Hall–Kier alpha value is -1.26. The van der Waals surface area contributed by atoms with Gasteiger partial charge in [-0.3, -0.25) is 4.79 Å². The number of rotatable bonds is 7. The van der Waals surface area contributed by atoms with Crippen LogP contribution >= 0.6 is 12.4 Å². The minimum absolute atomic E-state index is 0. The Morgan fingerprint density at radius 2 is 1.87 bits per heavy atom. The SMILES string of the molecule is CC(Oc1cccc(C(C)C)c1)C(=O)NC(C)(CN)C(C)C.Cl. The Morgan fingerprint density at radius 3 is 2.35 bits per heavy atom. The fourth-order valence-electron chi connectivity index (χ4n) is 2.02. The molecule has 0 fully saturated rings. The second kappa shape index (κ2) is 9.14. The highest BCUT2D eigenvalue weighted by Gasteiger charge is 2.30. The first-order chi connectivity index (χ1) is 10.2. The third kappa shape index (κ3) is 6.04. The molecule has 0 aliphatic carbocycles. The normalized spacial score (nSPS) is 14.8. The van der Waals surface area contributed by atoms with E-state index in [2.05, 4.69) is 25.2 Å². The minimum Gasteiger partial charge on any atom is -0.481 e. The van der Waals surface area contributed by atoms with E-state index in [1.165, 1.54) is 5.56 Å². The van der Waals surface area contributed by atoms with Crippen LogP contribution in [0.15, 0.2) is 24.3 Å². The number of ether oxygens (including phenoxy) is 1. The van der Waals surface area contributed by atoms with E-state index in [4.69, 9.17) is 10.5 Å². The van der Waals surface area contributed by atoms with Crippen LogP contribution in [0.5, 0.6) is 5.75 Å². The molecule has 0 aliphatic rings. The predicted octanol–water partition coefficient (Wildman–Crippen LogP) is 3.49. The van der Waals surface area contributed by atoms with Crippen LogP contribution in [-0.2, 0) is 4.79 Å². The van der Waals surface area contributed by atoms with Crippen molar-refractivity contribution in [2.45, 2.75) is 59.1 Å². The number of carbonyl (C=O) groups is 1. The molecule has 0 bridgehead atoms. The Morgan fingerprint density at radius 1 is 1.26 bits per heavy atom. The van der Waals surface area contributed by atoms with Gasteiger partial charge in [0.25, 0.3) is 5.91 Å². The zero-order valence-corrected chi connectivity index (χ0v) is 15.9. The minimum atomic E-state index is -0.563.